The second-order valence-corrected chi connectivity index (χ2v) is 7.76. The molecule has 0 fully saturated rings. The smallest absolute Gasteiger partial charge is 0.357 e. The highest BCUT2D eigenvalue weighted by Gasteiger charge is 2.22. The van der Waals surface area contributed by atoms with Gasteiger partial charge in [-0.2, -0.15) is 0 Å². The lowest BCUT2D eigenvalue weighted by atomic mass is 10.0. The van der Waals surface area contributed by atoms with Crippen molar-refractivity contribution in [1.82, 2.24) is 15.0 Å². The Bertz CT molecular complexity index is 1150. The second kappa shape index (κ2) is 8.18. The van der Waals surface area contributed by atoms with Gasteiger partial charge in [0, 0.05) is 35.0 Å². The number of nitrogens with one attached hydrogen (secondary N) is 1. The number of nitrogens with zero attached hydrogens (tertiary/aromatic N) is 2. The van der Waals surface area contributed by atoms with Gasteiger partial charge in [0.15, 0.2) is 5.69 Å². The van der Waals surface area contributed by atoms with E-state index >= 15 is 0 Å². The number of esters is 1. The number of aromatic amines is 1. The topological polar surface area (TPSA) is 86.3 Å². The Balaban J connectivity index is 1.87. The minimum Gasteiger partial charge on any atom is -0.486 e. The van der Waals surface area contributed by atoms with E-state index in [2.05, 4.69) is 15.0 Å². The second-order valence-electron chi connectivity index (χ2n) is 6.78. The Morgan fingerprint density at radius 2 is 2.03 bits per heavy atom. The first-order valence-electron chi connectivity index (χ1n) is 9.21. The highest BCUT2D eigenvalue weighted by Crippen LogP contribution is 2.36. The zero-order chi connectivity index (χ0) is 20.4. The van der Waals surface area contributed by atoms with Crippen molar-refractivity contribution in [3.05, 3.63) is 52.2 Å². The number of hydrogen-bond acceptors (Lipinski definition) is 7. The van der Waals surface area contributed by atoms with Crippen molar-refractivity contribution in [3.63, 3.8) is 0 Å². The van der Waals surface area contributed by atoms with E-state index in [1.807, 2.05) is 37.4 Å². The van der Waals surface area contributed by atoms with Crippen LogP contribution in [0.15, 0.2) is 36.0 Å². The van der Waals surface area contributed by atoms with E-state index in [1.165, 1.54) is 0 Å². The monoisotopic (exact) mass is 411 g/mol. The molecule has 3 heterocycles. The molecule has 0 unspecified atom stereocenters. The molecular formula is C21H21N3O4S. The minimum atomic E-state index is -0.468. The van der Waals surface area contributed by atoms with Crippen LogP contribution in [0.3, 0.4) is 0 Å². The first-order valence-corrected chi connectivity index (χ1v) is 10.1. The van der Waals surface area contributed by atoms with E-state index in [9.17, 15) is 4.79 Å². The lowest BCUT2D eigenvalue weighted by molar-refractivity contribution is 0.0366. The van der Waals surface area contributed by atoms with Crippen LogP contribution >= 0.6 is 11.3 Å². The summed E-state index contributed by atoms with van der Waals surface area (Å²) in [7, 11) is 1.59. The van der Waals surface area contributed by atoms with Gasteiger partial charge in [0.05, 0.1) is 29.9 Å². The molecule has 0 amide bonds. The molecule has 1 aromatic carbocycles. The summed E-state index contributed by atoms with van der Waals surface area (Å²) < 4.78 is 16.9. The number of rotatable bonds is 7. The molecule has 0 saturated heterocycles. The van der Waals surface area contributed by atoms with E-state index in [-0.39, 0.29) is 18.4 Å². The third-order valence-electron chi connectivity index (χ3n) is 4.38. The number of ether oxygens (including phenoxy) is 3. The molecule has 8 heteroatoms. The Kier molecular flexibility index (Phi) is 5.46. The summed E-state index contributed by atoms with van der Waals surface area (Å²) in [5.74, 6) is 0.236. The van der Waals surface area contributed by atoms with Crippen LogP contribution in [0, 0.1) is 0 Å². The maximum atomic E-state index is 12.6. The zero-order valence-electron chi connectivity index (χ0n) is 16.4. The summed E-state index contributed by atoms with van der Waals surface area (Å²) in [6.07, 6.45) is 3.16. The number of thiazole rings is 1. The van der Waals surface area contributed by atoms with Gasteiger partial charge in [-0.3, -0.25) is 0 Å². The van der Waals surface area contributed by atoms with Crippen molar-refractivity contribution in [2.75, 3.05) is 7.11 Å². The van der Waals surface area contributed by atoms with Crippen LogP contribution in [0.4, 0.5) is 0 Å². The van der Waals surface area contributed by atoms with Gasteiger partial charge in [-0.15, -0.1) is 11.3 Å². The molecule has 1 N–H and O–H groups in total. The van der Waals surface area contributed by atoms with Crippen LogP contribution in [-0.2, 0) is 22.7 Å². The molecule has 0 radical (unpaired) electrons. The van der Waals surface area contributed by atoms with Gasteiger partial charge in [-0.05, 0) is 26.0 Å². The average molecular weight is 411 g/mol. The summed E-state index contributed by atoms with van der Waals surface area (Å²) in [6, 6.07) is 5.80. The van der Waals surface area contributed by atoms with Crippen molar-refractivity contribution in [2.45, 2.75) is 33.2 Å². The summed E-state index contributed by atoms with van der Waals surface area (Å²) in [5, 5.41) is 4.54. The molecule has 0 aliphatic rings. The number of hydrogen-bond donors (Lipinski definition) is 1. The molecule has 0 bridgehead atoms. The van der Waals surface area contributed by atoms with Crippen molar-refractivity contribution in [1.29, 1.82) is 0 Å². The Hall–Kier alpha value is -2.97. The van der Waals surface area contributed by atoms with Crippen LogP contribution in [0.1, 0.15) is 34.9 Å². The van der Waals surface area contributed by atoms with Gasteiger partial charge < -0.3 is 19.2 Å². The molecule has 0 spiro atoms. The van der Waals surface area contributed by atoms with Crippen LogP contribution in [0.25, 0.3) is 21.8 Å². The maximum Gasteiger partial charge on any atom is 0.357 e. The van der Waals surface area contributed by atoms with Crippen LogP contribution in [0.5, 0.6) is 5.75 Å². The van der Waals surface area contributed by atoms with E-state index in [4.69, 9.17) is 14.2 Å². The van der Waals surface area contributed by atoms with Crippen molar-refractivity contribution >= 4 is 39.1 Å². The van der Waals surface area contributed by atoms with Gasteiger partial charge in [0.1, 0.15) is 17.4 Å². The molecule has 0 aliphatic carbocycles. The first-order chi connectivity index (χ1) is 14.1. The van der Waals surface area contributed by atoms with E-state index in [1.54, 1.807) is 30.8 Å². The van der Waals surface area contributed by atoms with Crippen molar-refractivity contribution in [2.24, 2.45) is 0 Å². The van der Waals surface area contributed by atoms with E-state index in [0.717, 1.165) is 26.8 Å². The molecule has 0 atom stereocenters. The zero-order valence-corrected chi connectivity index (χ0v) is 17.2. The highest BCUT2D eigenvalue weighted by atomic mass is 32.1. The molecule has 0 aliphatic heterocycles. The normalized spacial score (nSPS) is 11.4. The van der Waals surface area contributed by atoms with Gasteiger partial charge in [-0.25, -0.2) is 14.8 Å². The molecule has 4 aromatic rings. The molecule has 7 nitrogen and oxygen atoms in total. The number of carbonyl (C=O) groups excluding carboxylic acids is 1. The number of benzene rings is 1. The summed E-state index contributed by atoms with van der Waals surface area (Å²) >= 11 is 1.54. The number of aromatic nitrogens is 3. The quantitative estimate of drug-likeness (QED) is 0.452. The highest BCUT2D eigenvalue weighted by molar-refractivity contribution is 7.09. The average Bonchev–Trinajstić information content (AvgIpc) is 3.33. The number of methoxy groups -OCH3 is 1. The third kappa shape index (κ3) is 3.81. The van der Waals surface area contributed by atoms with E-state index in [0.29, 0.717) is 17.9 Å². The van der Waals surface area contributed by atoms with Crippen molar-refractivity contribution < 1.29 is 19.0 Å². The van der Waals surface area contributed by atoms with E-state index < -0.39 is 5.97 Å². The van der Waals surface area contributed by atoms with Crippen molar-refractivity contribution in [3.8, 4) is 5.75 Å². The first kappa shape index (κ1) is 19.4. The summed E-state index contributed by atoms with van der Waals surface area (Å²) in [4.78, 5) is 24.6. The number of pyridine rings is 1. The Morgan fingerprint density at radius 3 is 2.76 bits per heavy atom. The number of H-pyrrole nitrogens is 1. The van der Waals surface area contributed by atoms with Crippen LogP contribution in [0.2, 0.25) is 0 Å². The standard InChI is InChI=1S/C21H21N3O4S/c1-12(2)28-21(25)20-13(10-26-3)18-15(9-23-20)24-14-5-4-6-16(19(14)18)27-11-17-22-7-8-29-17/h4-9,12,24H,10-11H2,1-3H3. The minimum absolute atomic E-state index is 0.223. The Morgan fingerprint density at radius 1 is 1.17 bits per heavy atom. The van der Waals surface area contributed by atoms with Gasteiger partial charge in [0.2, 0.25) is 0 Å². The number of fused-ring (bicyclic) bond motifs is 3. The molecule has 29 heavy (non-hydrogen) atoms. The molecule has 4 rings (SSSR count). The molecule has 0 saturated carbocycles. The fourth-order valence-electron chi connectivity index (χ4n) is 3.29. The predicted octanol–water partition coefficient (Wildman–Crippen LogP) is 4.46. The van der Waals surface area contributed by atoms with Gasteiger partial charge in [-0.1, -0.05) is 6.07 Å². The lowest BCUT2D eigenvalue weighted by Crippen LogP contribution is -2.15. The molecular weight excluding hydrogens is 390 g/mol. The maximum absolute atomic E-state index is 12.6. The van der Waals surface area contributed by atoms with Crippen LogP contribution in [-0.4, -0.2) is 34.1 Å². The summed E-state index contributed by atoms with van der Waals surface area (Å²) in [5.41, 5.74) is 2.62. The summed E-state index contributed by atoms with van der Waals surface area (Å²) in [6.45, 7) is 4.21. The number of carbonyl (C=O) groups is 1. The van der Waals surface area contributed by atoms with Gasteiger partial charge in [0.25, 0.3) is 0 Å². The van der Waals surface area contributed by atoms with Gasteiger partial charge >= 0.3 is 5.97 Å². The molecule has 3 aromatic heterocycles. The third-order valence-corrected chi connectivity index (χ3v) is 5.14. The molecule has 150 valence electrons. The predicted molar refractivity (Wildman–Crippen MR) is 111 cm³/mol. The van der Waals surface area contributed by atoms with Crippen LogP contribution < -0.4 is 4.74 Å². The fraction of sp³-hybridized carbons (Fsp3) is 0.286. The Labute approximate surface area is 171 Å². The lowest BCUT2D eigenvalue weighted by Gasteiger charge is -2.12. The largest absolute Gasteiger partial charge is 0.486 e. The fourth-order valence-corrected chi connectivity index (χ4v) is 3.81. The SMILES string of the molecule is COCc1c(C(=O)OC(C)C)ncc2[nH]c3cccc(OCc4nccs4)c3c12.